The van der Waals surface area contributed by atoms with E-state index in [1.54, 1.807) is 0 Å². The first-order valence-corrected chi connectivity index (χ1v) is 11.8. The summed E-state index contributed by atoms with van der Waals surface area (Å²) in [5, 5.41) is 7.74. The molecule has 0 unspecified atom stereocenters. The van der Waals surface area contributed by atoms with Gasteiger partial charge in [-0.25, -0.2) is 14.6 Å². The summed E-state index contributed by atoms with van der Waals surface area (Å²) in [6, 6.07) is 12.1. The molecular formula is C24H26N6OS. The number of rotatable bonds is 3. The van der Waals surface area contributed by atoms with Crippen molar-refractivity contribution in [3.63, 3.8) is 0 Å². The first-order chi connectivity index (χ1) is 15.5. The first kappa shape index (κ1) is 20.6. The van der Waals surface area contributed by atoms with Crippen LogP contribution in [-0.4, -0.2) is 56.7 Å². The van der Waals surface area contributed by atoms with Crippen molar-refractivity contribution in [1.82, 2.24) is 24.6 Å². The lowest BCUT2D eigenvalue weighted by molar-refractivity contribution is 0.0772. The Morgan fingerprint density at radius 1 is 0.969 bits per heavy atom. The Balaban J connectivity index is 1.49. The van der Waals surface area contributed by atoms with E-state index in [1.807, 2.05) is 40.9 Å². The van der Waals surface area contributed by atoms with E-state index in [0.717, 1.165) is 65.0 Å². The van der Waals surface area contributed by atoms with Crippen LogP contribution in [0.5, 0.6) is 0 Å². The lowest BCUT2D eigenvalue weighted by Gasteiger charge is -2.23. The molecular weight excluding hydrogens is 420 g/mol. The van der Waals surface area contributed by atoms with Gasteiger partial charge >= 0.3 is 0 Å². The van der Waals surface area contributed by atoms with Crippen molar-refractivity contribution < 1.29 is 4.79 Å². The molecule has 0 radical (unpaired) electrons. The summed E-state index contributed by atoms with van der Waals surface area (Å²) < 4.78 is 1.91. The minimum absolute atomic E-state index is 0.120. The van der Waals surface area contributed by atoms with Crippen molar-refractivity contribution >= 4 is 34.1 Å². The maximum atomic E-state index is 12.8. The number of thiophene rings is 1. The molecule has 0 N–H and O–H groups in total. The molecule has 1 amide bonds. The number of hydrogen-bond donors (Lipinski definition) is 0. The number of anilines is 1. The van der Waals surface area contributed by atoms with Gasteiger partial charge in [0.25, 0.3) is 5.91 Å². The molecule has 32 heavy (non-hydrogen) atoms. The highest BCUT2D eigenvalue weighted by atomic mass is 32.1. The number of aromatic nitrogens is 4. The minimum Gasteiger partial charge on any atom is -0.354 e. The summed E-state index contributed by atoms with van der Waals surface area (Å²) in [4.78, 5) is 27.5. The van der Waals surface area contributed by atoms with Crippen LogP contribution in [0.25, 0.3) is 16.7 Å². The summed E-state index contributed by atoms with van der Waals surface area (Å²) >= 11 is 1.50. The highest BCUT2D eigenvalue weighted by Gasteiger charge is 2.25. The molecule has 0 aliphatic carbocycles. The van der Waals surface area contributed by atoms with E-state index >= 15 is 0 Å². The van der Waals surface area contributed by atoms with E-state index in [4.69, 9.17) is 15.1 Å². The lowest BCUT2D eigenvalue weighted by atomic mass is 10.2. The Bertz CT molecular complexity index is 1260. The Morgan fingerprint density at radius 3 is 2.53 bits per heavy atom. The van der Waals surface area contributed by atoms with Crippen LogP contribution in [0.4, 0.5) is 5.82 Å². The molecule has 1 aliphatic heterocycles. The fraction of sp³-hybridized carbons (Fsp3) is 0.333. The summed E-state index contributed by atoms with van der Waals surface area (Å²) in [6.45, 7) is 9.02. The summed E-state index contributed by atoms with van der Waals surface area (Å²) in [7, 11) is 0. The van der Waals surface area contributed by atoms with Crippen LogP contribution in [0.1, 0.15) is 33.2 Å². The van der Waals surface area contributed by atoms with Crippen molar-refractivity contribution in [3.05, 3.63) is 63.7 Å². The number of aryl methyl sites for hydroxylation is 3. The van der Waals surface area contributed by atoms with E-state index in [1.165, 1.54) is 16.9 Å². The van der Waals surface area contributed by atoms with Crippen molar-refractivity contribution in [1.29, 1.82) is 0 Å². The van der Waals surface area contributed by atoms with Crippen LogP contribution in [-0.2, 0) is 0 Å². The normalized spacial score (nSPS) is 14.7. The van der Waals surface area contributed by atoms with Gasteiger partial charge in [-0.2, -0.15) is 5.10 Å². The van der Waals surface area contributed by atoms with Gasteiger partial charge < -0.3 is 9.80 Å². The SMILES string of the molecule is Cc1ccc(-n2nc(C)c3c(N4CCCN(C(=O)c5cccs5)CC4)nc(C)nc32)cc1. The molecule has 5 rings (SSSR count). The van der Waals surface area contributed by atoms with Crippen molar-refractivity contribution in [2.24, 2.45) is 0 Å². The van der Waals surface area contributed by atoms with E-state index in [0.29, 0.717) is 6.54 Å². The maximum Gasteiger partial charge on any atom is 0.263 e. The van der Waals surface area contributed by atoms with Gasteiger partial charge in [0.2, 0.25) is 0 Å². The third kappa shape index (κ3) is 3.75. The summed E-state index contributed by atoms with van der Waals surface area (Å²) in [6.07, 6.45) is 0.896. The van der Waals surface area contributed by atoms with Gasteiger partial charge in [-0.05, 0) is 50.8 Å². The molecule has 3 aromatic heterocycles. The summed E-state index contributed by atoms with van der Waals surface area (Å²) in [5.74, 6) is 1.75. The predicted molar refractivity (Wildman–Crippen MR) is 128 cm³/mol. The number of amides is 1. The van der Waals surface area contributed by atoms with Crippen LogP contribution >= 0.6 is 11.3 Å². The van der Waals surface area contributed by atoms with E-state index in [2.05, 4.69) is 36.1 Å². The molecule has 164 valence electrons. The Labute approximate surface area is 191 Å². The molecule has 1 fully saturated rings. The molecule has 1 aromatic carbocycles. The fourth-order valence-electron chi connectivity index (χ4n) is 4.25. The molecule has 4 aromatic rings. The van der Waals surface area contributed by atoms with Crippen molar-refractivity contribution in [2.75, 3.05) is 31.1 Å². The minimum atomic E-state index is 0.120. The smallest absolute Gasteiger partial charge is 0.263 e. The molecule has 0 spiro atoms. The third-order valence-corrected chi connectivity index (χ3v) is 6.75. The largest absolute Gasteiger partial charge is 0.354 e. The Morgan fingerprint density at radius 2 is 1.78 bits per heavy atom. The van der Waals surface area contributed by atoms with Crippen LogP contribution in [0.3, 0.4) is 0 Å². The van der Waals surface area contributed by atoms with Gasteiger partial charge in [0, 0.05) is 26.2 Å². The first-order valence-electron chi connectivity index (χ1n) is 10.9. The Hall–Kier alpha value is -3.26. The van der Waals surface area contributed by atoms with Gasteiger partial charge in [0.1, 0.15) is 11.6 Å². The molecule has 1 saturated heterocycles. The molecule has 8 heteroatoms. The number of hydrogen-bond acceptors (Lipinski definition) is 6. The van der Waals surface area contributed by atoms with Crippen LogP contribution in [0, 0.1) is 20.8 Å². The van der Waals surface area contributed by atoms with Crippen LogP contribution in [0.15, 0.2) is 41.8 Å². The topological polar surface area (TPSA) is 67.2 Å². The second kappa shape index (κ2) is 8.35. The van der Waals surface area contributed by atoms with Crippen LogP contribution < -0.4 is 4.90 Å². The zero-order chi connectivity index (χ0) is 22.2. The molecule has 0 saturated carbocycles. The van der Waals surface area contributed by atoms with Crippen molar-refractivity contribution in [3.8, 4) is 5.69 Å². The lowest BCUT2D eigenvalue weighted by Crippen LogP contribution is -2.35. The average Bonchev–Trinajstić information content (AvgIpc) is 3.35. The number of fused-ring (bicyclic) bond motifs is 1. The molecule has 0 atom stereocenters. The van der Waals surface area contributed by atoms with E-state index in [-0.39, 0.29) is 5.91 Å². The van der Waals surface area contributed by atoms with Crippen LogP contribution in [0.2, 0.25) is 0 Å². The number of nitrogens with zero attached hydrogens (tertiary/aromatic N) is 6. The quantitative estimate of drug-likeness (QED) is 0.473. The van der Waals surface area contributed by atoms with Gasteiger partial charge in [-0.15, -0.1) is 11.3 Å². The van der Waals surface area contributed by atoms with Gasteiger partial charge in [0.15, 0.2) is 5.65 Å². The zero-order valence-corrected chi connectivity index (χ0v) is 19.4. The monoisotopic (exact) mass is 446 g/mol. The highest BCUT2D eigenvalue weighted by molar-refractivity contribution is 7.12. The zero-order valence-electron chi connectivity index (χ0n) is 18.6. The highest BCUT2D eigenvalue weighted by Crippen LogP contribution is 2.30. The van der Waals surface area contributed by atoms with E-state index in [9.17, 15) is 4.79 Å². The number of carbonyl (C=O) groups is 1. The standard InChI is InChI=1S/C24H26N6OS/c1-16-7-9-19(10-8-16)30-23-21(17(2)27-30)22(25-18(3)26-23)28-11-5-12-29(14-13-28)24(31)20-6-4-15-32-20/h4,6-10,15H,5,11-14H2,1-3H3. The molecule has 1 aliphatic rings. The third-order valence-electron chi connectivity index (χ3n) is 5.89. The number of carbonyl (C=O) groups excluding carboxylic acids is 1. The molecule has 0 bridgehead atoms. The average molecular weight is 447 g/mol. The fourth-order valence-corrected chi connectivity index (χ4v) is 4.94. The second-order valence-electron chi connectivity index (χ2n) is 8.24. The van der Waals surface area contributed by atoms with Gasteiger partial charge in [-0.1, -0.05) is 23.8 Å². The van der Waals surface area contributed by atoms with Crippen molar-refractivity contribution in [2.45, 2.75) is 27.2 Å². The van der Waals surface area contributed by atoms with Gasteiger partial charge in [-0.3, -0.25) is 4.79 Å². The molecule has 7 nitrogen and oxygen atoms in total. The number of benzene rings is 1. The second-order valence-corrected chi connectivity index (χ2v) is 9.18. The molecule has 4 heterocycles. The van der Waals surface area contributed by atoms with Gasteiger partial charge in [0.05, 0.1) is 21.6 Å². The predicted octanol–water partition coefficient (Wildman–Crippen LogP) is 4.15. The van der Waals surface area contributed by atoms with E-state index < -0.39 is 0 Å². The Kier molecular flexibility index (Phi) is 5.38. The maximum absolute atomic E-state index is 12.8. The summed E-state index contributed by atoms with van der Waals surface area (Å²) in [5.41, 5.74) is 3.93.